The van der Waals surface area contributed by atoms with E-state index in [2.05, 4.69) is 20.3 Å². The first-order valence-corrected chi connectivity index (χ1v) is 9.79. The van der Waals surface area contributed by atoms with Gasteiger partial charge < -0.3 is 9.72 Å². The summed E-state index contributed by atoms with van der Waals surface area (Å²) in [7, 11) is 0. The van der Waals surface area contributed by atoms with Crippen LogP contribution in [0.5, 0.6) is 0 Å². The zero-order chi connectivity index (χ0) is 20.3. The minimum atomic E-state index is -0.135. The molecule has 6 nitrogen and oxygen atoms in total. The van der Waals surface area contributed by atoms with E-state index in [4.69, 9.17) is 0 Å². The highest BCUT2D eigenvalue weighted by Crippen LogP contribution is 2.32. The van der Waals surface area contributed by atoms with E-state index in [0.29, 0.717) is 18.5 Å². The maximum absolute atomic E-state index is 13.3. The number of rotatable bonds is 5. The molecule has 0 atom stereocenters. The van der Waals surface area contributed by atoms with Crippen molar-refractivity contribution in [2.24, 2.45) is 0 Å². The second-order valence-electron chi connectivity index (χ2n) is 6.98. The Morgan fingerprint density at radius 2 is 1.83 bits per heavy atom. The summed E-state index contributed by atoms with van der Waals surface area (Å²) in [6, 6.07) is 19.6. The number of nitrogens with one attached hydrogen (secondary N) is 1. The van der Waals surface area contributed by atoms with Gasteiger partial charge in [0, 0.05) is 30.7 Å². The van der Waals surface area contributed by atoms with E-state index in [1.165, 1.54) is 0 Å². The zero-order valence-corrected chi connectivity index (χ0v) is 16.2. The van der Waals surface area contributed by atoms with E-state index in [1.54, 1.807) is 12.5 Å². The minimum Gasteiger partial charge on any atom is -0.352 e. The van der Waals surface area contributed by atoms with Crippen LogP contribution in [0.15, 0.2) is 85.6 Å². The molecular formula is C24H19N5O. The van der Waals surface area contributed by atoms with Crippen molar-refractivity contribution in [3.63, 3.8) is 0 Å². The monoisotopic (exact) mass is 393 g/mol. The van der Waals surface area contributed by atoms with Crippen LogP contribution in [-0.4, -0.2) is 31.8 Å². The molecule has 146 valence electrons. The highest BCUT2D eigenvalue weighted by Gasteiger charge is 2.22. The van der Waals surface area contributed by atoms with E-state index in [9.17, 15) is 4.79 Å². The third kappa shape index (κ3) is 3.18. The molecule has 4 aromatic heterocycles. The molecule has 0 saturated heterocycles. The topological polar surface area (TPSA) is 72.2 Å². The van der Waals surface area contributed by atoms with Crippen LogP contribution < -0.4 is 5.32 Å². The predicted molar refractivity (Wildman–Crippen MR) is 116 cm³/mol. The van der Waals surface area contributed by atoms with Gasteiger partial charge in [0.15, 0.2) is 0 Å². The number of carbonyl (C=O) groups excluding carboxylic acids is 1. The van der Waals surface area contributed by atoms with Gasteiger partial charge in [-0.05, 0) is 30.2 Å². The van der Waals surface area contributed by atoms with Gasteiger partial charge in [0.05, 0.1) is 22.2 Å². The molecule has 5 rings (SSSR count). The van der Waals surface area contributed by atoms with Crippen LogP contribution in [-0.2, 0) is 6.42 Å². The van der Waals surface area contributed by atoms with E-state index in [-0.39, 0.29) is 5.91 Å². The SMILES string of the molecule is O=C(NCCc1cccnc1)c1c2c(-c3ccccc3)ncnc2n2ccccc12. The number of carbonyl (C=O) groups is 1. The van der Waals surface area contributed by atoms with Gasteiger partial charge in [-0.15, -0.1) is 0 Å². The molecule has 4 heterocycles. The second kappa shape index (κ2) is 7.75. The molecule has 0 unspecified atom stereocenters. The number of fused-ring (bicyclic) bond motifs is 3. The lowest BCUT2D eigenvalue weighted by Gasteiger charge is -2.07. The molecule has 30 heavy (non-hydrogen) atoms. The lowest BCUT2D eigenvalue weighted by molar-refractivity contribution is 0.0957. The summed E-state index contributed by atoms with van der Waals surface area (Å²) in [6.07, 6.45) is 7.74. The minimum absolute atomic E-state index is 0.135. The van der Waals surface area contributed by atoms with Crippen LogP contribution >= 0.6 is 0 Å². The molecule has 1 N–H and O–H groups in total. The molecule has 1 amide bonds. The molecule has 1 aromatic carbocycles. The second-order valence-corrected chi connectivity index (χ2v) is 6.98. The zero-order valence-electron chi connectivity index (χ0n) is 16.2. The van der Waals surface area contributed by atoms with Crippen molar-refractivity contribution in [3.8, 4) is 11.3 Å². The first kappa shape index (κ1) is 18.0. The standard InChI is InChI=1S/C24H19N5O/c30-24(26-13-11-17-7-6-12-25-15-17)20-19-10-4-5-14-29(19)23-21(20)22(27-16-28-23)18-8-2-1-3-9-18/h1-10,12,14-16H,11,13H2,(H,26,30). The van der Waals surface area contributed by atoms with Crippen LogP contribution in [0.2, 0.25) is 0 Å². The maximum atomic E-state index is 13.3. The largest absolute Gasteiger partial charge is 0.352 e. The predicted octanol–water partition coefficient (Wildman–Crippen LogP) is 3.92. The fourth-order valence-corrected chi connectivity index (χ4v) is 3.75. The van der Waals surface area contributed by atoms with Crippen LogP contribution in [0.3, 0.4) is 0 Å². The Labute approximate surface area is 173 Å². The fraction of sp³-hybridized carbons (Fsp3) is 0.0833. The van der Waals surface area contributed by atoms with E-state index >= 15 is 0 Å². The Morgan fingerprint density at radius 3 is 2.67 bits per heavy atom. The van der Waals surface area contributed by atoms with E-state index in [0.717, 1.165) is 33.4 Å². The number of hydrogen-bond donors (Lipinski definition) is 1. The van der Waals surface area contributed by atoms with Crippen LogP contribution in [0, 0.1) is 0 Å². The van der Waals surface area contributed by atoms with Crippen molar-refractivity contribution in [1.82, 2.24) is 24.7 Å². The molecule has 0 radical (unpaired) electrons. The summed E-state index contributed by atoms with van der Waals surface area (Å²) in [5, 5.41) is 3.82. The highest BCUT2D eigenvalue weighted by molar-refractivity contribution is 6.16. The third-order valence-corrected chi connectivity index (χ3v) is 5.12. The lowest BCUT2D eigenvalue weighted by Crippen LogP contribution is -2.25. The van der Waals surface area contributed by atoms with Gasteiger partial charge in [0.1, 0.15) is 12.0 Å². The first-order chi connectivity index (χ1) is 14.8. The Balaban J connectivity index is 1.60. The third-order valence-electron chi connectivity index (χ3n) is 5.12. The van der Waals surface area contributed by atoms with Gasteiger partial charge in [-0.3, -0.25) is 9.78 Å². The van der Waals surface area contributed by atoms with Gasteiger partial charge in [0.25, 0.3) is 5.91 Å². The van der Waals surface area contributed by atoms with Gasteiger partial charge >= 0.3 is 0 Å². The van der Waals surface area contributed by atoms with Gasteiger partial charge in [-0.2, -0.15) is 0 Å². The van der Waals surface area contributed by atoms with Crippen molar-refractivity contribution >= 4 is 22.5 Å². The summed E-state index contributed by atoms with van der Waals surface area (Å²) in [4.78, 5) is 26.5. The normalized spacial score (nSPS) is 11.1. The van der Waals surface area contributed by atoms with Crippen LogP contribution in [0.25, 0.3) is 27.8 Å². The summed E-state index contributed by atoms with van der Waals surface area (Å²) in [5.74, 6) is -0.135. The van der Waals surface area contributed by atoms with Crippen molar-refractivity contribution in [1.29, 1.82) is 0 Å². The van der Waals surface area contributed by atoms with Crippen molar-refractivity contribution in [2.45, 2.75) is 6.42 Å². The van der Waals surface area contributed by atoms with Crippen LogP contribution in [0.1, 0.15) is 15.9 Å². The molecule has 0 fully saturated rings. The number of benzene rings is 1. The summed E-state index contributed by atoms with van der Waals surface area (Å²) in [5.41, 5.74) is 4.90. The Kier molecular flexibility index (Phi) is 4.65. The van der Waals surface area contributed by atoms with Crippen molar-refractivity contribution < 1.29 is 4.79 Å². The lowest BCUT2D eigenvalue weighted by atomic mass is 10.0. The van der Waals surface area contributed by atoms with E-state index < -0.39 is 0 Å². The number of nitrogens with zero attached hydrogens (tertiary/aromatic N) is 4. The van der Waals surface area contributed by atoms with Gasteiger partial charge in [0.2, 0.25) is 0 Å². The number of aromatic nitrogens is 4. The molecule has 5 aromatic rings. The average Bonchev–Trinajstić information content (AvgIpc) is 3.15. The first-order valence-electron chi connectivity index (χ1n) is 9.79. The Bertz CT molecular complexity index is 1330. The van der Waals surface area contributed by atoms with E-state index in [1.807, 2.05) is 77.5 Å². The summed E-state index contributed by atoms with van der Waals surface area (Å²) < 4.78 is 1.94. The molecule has 0 aliphatic carbocycles. The van der Waals surface area contributed by atoms with Gasteiger partial charge in [-0.1, -0.05) is 42.5 Å². The molecule has 0 aliphatic rings. The quantitative estimate of drug-likeness (QED) is 0.491. The number of amides is 1. The summed E-state index contributed by atoms with van der Waals surface area (Å²) in [6.45, 7) is 0.518. The Hall–Kier alpha value is -4.06. The average molecular weight is 393 g/mol. The number of hydrogen-bond acceptors (Lipinski definition) is 4. The highest BCUT2D eigenvalue weighted by atomic mass is 16.1. The molecule has 6 heteroatoms. The van der Waals surface area contributed by atoms with Crippen LogP contribution in [0.4, 0.5) is 0 Å². The molecular weight excluding hydrogens is 374 g/mol. The fourth-order valence-electron chi connectivity index (χ4n) is 3.75. The number of pyridine rings is 2. The van der Waals surface area contributed by atoms with Gasteiger partial charge in [-0.25, -0.2) is 9.97 Å². The smallest absolute Gasteiger partial charge is 0.254 e. The summed E-state index contributed by atoms with van der Waals surface area (Å²) >= 11 is 0. The molecule has 0 spiro atoms. The Morgan fingerprint density at radius 1 is 0.967 bits per heavy atom. The maximum Gasteiger partial charge on any atom is 0.254 e. The van der Waals surface area contributed by atoms with Crippen molar-refractivity contribution in [2.75, 3.05) is 6.54 Å². The van der Waals surface area contributed by atoms with Crippen molar-refractivity contribution in [3.05, 3.63) is 96.7 Å². The molecule has 0 saturated carbocycles. The molecule has 0 bridgehead atoms. The molecule has 0 aliphatic heterocycles.